The summed E-state index contributed by atoms with van der Waals surface area (Å²) in [4.78, 5) is 23.4. The van der Waals surface area contributed by atoms with Crippen LogP contribution < -0.4 is 5.43 Å². The third-order valence-corrected chi connectivity index (χ3v) is 3.47. The molecule has 1 atom stereocenters. The van der Waals surface area contributed by atoms with E-state index in [0.717, 1.165) is 12.8 Å². The number of nitrogens with zero attached hydrogens (tertiary/aromatic N) is 1. The number of halogens is 1. The van der Waals surface area contributed by atoms with Gasteiger partial charge >= 0.3 is 0 Å². The van der Waals surface area contributed by atoms with Gasteiger partial charge in [-0.2, -0.15) is 0 Å². The van der Waals surface area contributed by atoms with Crippen LogP contribution in [0.4, 0.5) is 0 Å². The van der Waals surface area contributed by atoms with E-state index in [4.69, 9.17) is 11.6 Å². The normalized spacial score (nSPS) is 16.9. The van der Waals surface area contributed by atoms with Crippen LogP contribution in [0.15, 0.2) is 24.3 Å². The predicted octanol–water partition coefficient (Wildman–Crippen LogP) is 1.81. The summed E-state index contributed by atoms with van der Waals surface area (Å²) >= 11 is 5.76. The lowest BCUT2D eigenvalue weighted by Crippen LogP contribution is -2.48. The molecule has 1 saturated heterocycles. The highest BCUT2D eigenvalue weighted by atomic mass is 35.5. The molecular formula is C14H17ClN2O3. The predicted molar refractivity (Wildman–Crippen MR) is 74.7 cm³/mol. The van der Waals surface area contributed by atoms with Crippen molar-refractivity contribution in [3.8, 4) is 0 Å². The molecular weight excluding hydrogens is 280 g/mol. The molecule has 1 aliphatic rings. The van der Waals surface area contributed by atoms with Gasteiger partial charge < -0.3 is 5.11 Å². The molecule has 0 spiro atoms. The zero-order valence-corrected chi connectivity index (χ0v) is 11.8. The summed E-state index contributed by atoms with van der Waals surface area (Å²) in [5.41, 5.74) is 3.16. The minimum atomic E-state index is -0.910. The summed E-state index contributed by atoms with van der Waals surface area (Å²) in [5.74, 6) is -0.451. The topological polar surface area (TPSA) is 69.6 Å². The van der Waals surface area contributed by atoms with Gasteiger partial charge in [0.05, 0.1) is 12.5 Å². The van der Waals surface area contributed by atoms with Gasteiger partial charge in [-0.3, -0.25) is 20.0 Å². The van der Waals surface area contributed by atoms with Crippen molar-refractivity contribution in [3.05, 3.63) is 34.9 Å². The molecule has 0 radical (unpaired) electrons. The van der Waals surface area contributed by atoms with Crippen molar-refractivity contribution in [2.24, 2.45) is 0 Å². The Balaban J connectivity index is 1.87. The average molecular weight is 297 g/mol. The Bertz CT molecular complexity index is 490. The molecule has 0 aliphatic carbocycles. The number of nitrogens with one attached hydrogen (secondary N) is 1. The minimum Gasteiger partial charge on any atom is -0.388 e. The summed E-state index contributed by atoms with van der Waals surface area (Å²) in [5, 5.41) is 11.9. The summed E-state index contributed by atoms with van der Waals surface area (Å²) in [6.45, 7) is 0.529. The fourth-order valence-corrected chi connectivity index (χ4v) is 2.22. The van der Waals surface area contributed by atoms with Crippen molar-refractivity contribution in [2.75, 3.05) is 6.54 Å². The van der Waals surface area contributed by atoms with Gasteiger partial charge in [0.2, 0.25) is 11.8 Å². The fourth-order valence-electron chi connectivity index (χ4n) is 2.10. The fraction of sp³-hybridized carbons (Fsp3) is 0.429. The number of rotatable bonds is 4. The van der Waals surface area contributed by atoms with E-state index in [2.05, 4.69) is 5.43 Å². The van der Waals surface area contributed by atoms with Crippen LogP contribution in [0.2, 0.25) is 5.02 Å². The number of carbonyl (C=O) groups is 2. The van der Waals surface area contributed by atoms with Crippen LogP contribution >= 0.6 is 11.6 Å². The minimum absolute atomic E-state index is 0.0782. The van der Waals surface area contributed by atoms with Crippen molar-refractivity contribution < 1.29 is 14.7 Å². The maximum Gasteiger partial charge on any atom is 0.241 e. The van der Waals surface area contributed by atoms with Crippen molar-refractivity contribution >= 4 is 23.4 Å². The Morgan fingerprint density at radius 1 is 1.35 bits per heavy atom. The highest BCUT2D eigenvalue weighted by Crippen LogP contribution is 2.19. The first-order valence-corrected chi connectivity index (χ1v) is 6.97. The Morgan fingerprint density at radius 3 is 2.70 bits per heavy atom. The Hall–Kier alpha value is -1.59. The Morgan fingerprint density at radius 2 is 2.05 bits per heavy atom. The van der Waals surface area contributed by atoms with E-state index < -0.39 is 6.10 Å². The summed E-state index contributed by atoms with van der Waals surface area (Å²) in [7, 11) is 0. The van der Waals surface area contributed by atoms with Gasteiger partial charge in [-0.1, -0.05) is 23.7 Å². The van der Waals surface area contributed by atoms with Crippen molar-refractivity contribution in [2.45, 2.75) is 31.8 Å². The lowest BCUT2D eigenvalue weighted by molar-refractivity contribution is -0.144. The SMILES string of the molecule is O=C(CC(O)c1ccc(Cl)cc1)NN1CCCCC1=O. The van der Waals surface area contributed by atoms with Crippen LogP contribution in [-0.4, -0.2) is 28.5 Å². The van der Waals surface area contributed by atoms with E-state index in [1.165, 1.54) is 5.01 Å². The highest BCUT2D eigenvalue weighted by Gasteiger charge is 2.21. The van der Waals surface area contributed by atoms with Gasteiger partial charge in [0, 0.05) is 18.0 Å². The lowest BCUT2D eigenvalue weighted by atomic mass is 10.1. The average Bonchev–Trinajstić information content (AvgIpc) is 2.42. The van der Waals surface area contributed by atoms with Crippen LogP contribution in [-0.2, 0) is 9.59 Å². The molecule has 0 saturated carbocycles. The smallest absolute Gasteiger partial charge is 0.241 e. The lowest BCUT2D eigenvalue weighted by Gasteiger charge is -2.27. The van der Waals surface area contributed by atoms with E-state index >= 15 is 0 Å². The van der Waals surface area contributed by atoms with E-state index in [1.54, 1.807) is 24.3 Å². The molecule has 1 aliphatic heterocycles. The second kappa shape index (κ2) is 6.72. The van der Waals surface area contributed by atoms with E-state index in [1.807, 2.05) is 0 Å². The number of amides is 2. The van der Waals surface area contributed by atoms with Crippen LogP contribution in [0.1, 0.15) is 37.4 Å². The third kappa shape index (κ3) is 3.95. The van der Waals surface area contributed by atoms with Gasteiger partial charge in [-0.05, 0) is 30.5 Å². The standard InChI is InChI=1S/C14H17ClN2O3/c15-11-6-4-10(5-7-11)12(18)9-13(19)16-17-8-2-1-3-14(17)20/h4-7,12,18H,1-3,8-9H2,(H,16,19). The second-order valence-corrected chi connectivity index (χ2v) is 5.25. The molecule has 2 rings (SSSR count). The zero-order valence-electron chi connectivity index (χ0n) is 11.0. The van der Waals surface area contributed by atoms with E-state index in [9.17, 15) is 14.7 Å². The molecule has 2 amide bonds. The molecule has 1 fully saturated rings. The number of aliphatic hydroxyl groups excluding tert-OH is 1. The maximum absolute atomic E-state index is 11.8. The van der Waals surface area contributed by atoms with Gasteiger partial charge in [0.1, 0.15) is 0 Å². The Labute approximate surface area is 122 Å². The first-order chi connectivity index (χ1) is 9.56. The van der Waals surface area contributed by atoms with Gasteiger partial charge in [-0.25, -0.2) is 0 Å². The molecule has 108 valence electrons. The molecule has 2 N–H and O–H groups in total. The van der Waals surface area contributed by atoms with Crippen LogP contribution in [0.25, 0.3) is 0 Å². The van der Waals surface area contributed by atoms with Crippen LogP contribution in [0, 0.1) is 0 Å². The molecule has 1 aromatic rings. The molecule has 1 aromatic carbocycles. The van der Waals surface area contributed by atoms with Crippen LogP contribution in [0.3, 0.4) is 0 Å². The van der Waals surface area contributed by atoms with E-state index in [0.29, 0.717) is 23.6 Å². The first kappa shape index (κ1) is 14.8. The number of benzene rings is 1. The Kier molecular flexibility index (Phi) is 4.98. The largest absolute Gasteiger partial charge is 0.388 e. The summed E-state index contributed by atoms with van der Waals surface area (Å²) < 4.78 is 0. The quantitative estimate of drug-likeness (QED) is 0.890. The van der Waals surface area contributed by atoms with Crippen LogP contribution in [0.5, 0.6) is 0 Å². The number of hydrogen-bond acceptors (Lipinski definition) is 3. The molecule has 5 nitrogen and oxygen atoms in total. The second-order valence-electron chi connectivity index (χ2n) is 4.81. The highest BCUT2D eigenvalue weighted by molar-refractivity contribution is 6.30. The number of aliphatic hydroxyl groups is 1. The molecule has 1 heterocycles. The molecule has 0 bridgehead atoms. The summed E-state index contributed by atoms with van der Waals surface area (Å²) in [6, 6.07) is 6.66. The molecule has 6 heteroatoms. The summed E-state index contributed by atoms with van der Waals surface area (Å²) in [6.07, 6.45) is 1.20. The maximum atomic E-state index is 11.8. The van der Waals surface area contributed by atoms with E-state index in [-0.39, 0.29) is 18.2 Å². The van der Waals surface area contributed by atoms with Crippen molar-refractivity contribution in [1.29, 1.82) is 0 Å². The molecule has 0 aromatic heterocycles. The monoisotopic (exact) mass is 296 g/mol. The van der Waals surface area contributed by atoms with Crippen molar-refractivity contribution in [3.63, 3.8) is 0 Å². The van der Waals surface area contributed by atoms with Gasteiger partial charge in [-0.15, -0.1) is 0 Å². The molecule has 20 heavy (non-hydrogen) atoms. The molecule has 1 unspecified atom stereocenters. The number of hydrazine groups is 1. The number of hydrogen-bond donors (Lipinski definition) is 2. The van der Waals surface area contributed by atoms with Gasteiger partial charge in [0.15, 0.2) is 0 Å². The third-order valence-electron chi connectivity index (χ3n) is 3.22. The first-order valence-electron chi connectivity index (χ1n) is 6.59. The number of piperidine rings is 1. The number of carbonyl (C=O) groups excluding carboxylic acids is 2. The van der Waals surface area contributed by atoms with Crippen molar-refractivity contribution in [1.82, 2.24) is 10.4 Å². The van der Waals surface area contributed by atoms with Gasteiger partial charge in [0.25, 0.3) is 0 Å². The zero-order chi connectivity index (χ0) is 14.5.